The molecule has 1 N–H and O–H groups in total. The maximum absolute atomic E-state index is 4.61. The van der Waals surface area contributed by atoms with Gasteiger partial charge < -0.3 is 10.2 Å². The van der Waals surface area contributed by atoms with E-state index in [9.17, 15) is 0 Å². The van der Waals surface area contributed by atoms with Crippen molar-refractivity contribution in [3.05, 3.63) is 77.7 Å². The number of pyridine rings is 1. The summed E-state index contributed by atoms with van der Waals surface area (Å²) >= 11 is 0. The predicted octanol–water partition coefficient (Wildman–Crippen LogP) is 3.47. The number of hydrogen-bond acceptors (Lipinski definition) is 5. The lowest BCUT2D eigenvalue weighted by atomic mass is 10.1. The Bertz CT molecular complexity index is 804. The number of hydrogen-bond donors (Lipinski definition) is 1. The van der Waals surface area contributed by atoms with Gasteiger partial charge in [0.2, 0.25) is 5.95 Å². The fraction of sp³-hybridized carbons (Fsp3) is 0.250. The molecule has 0 aliphatic heterocycles. The number of aromatic nitrogens is 3. The van der Waals surface area contributed by atoms with Crippen molar-refractivity contribution in [1.82, 2.24) is 15.0 Å². The smallest absolute Gasteiger partial charge is 0.224 e. The van der Waals surface area contributed by atoms with Crippen LogP contribution < -0.4 is 10.2 Å². The summed E-state index contributed by atoms with van der Waals surface area (Å²) < 4.78 is 0. The lowest BCUT2D eigenvalue weighted by Gasteiger charge is -2.18. The van der Waals surface area contributed by atoms with E-state index in [1.165, 1.54) is 16.7 Å². The Labute approximate surface area is 148 Å². The molecule has 0 bridgehead atoms. The molecule has 0 saturated heterocycles. The van der Waals surface area contributed by atoms with Gasteiger partial charge in [-0.15, -0.1) is 0 Å². The number of nitrogens with one attached hydrogen (secondary N) is 1. The highest BCUT2D eigenvalue weighted by Gasteiger charge is 2.05. The molecular formula is C20H23N5. The maximum atomic E-state index is 4.61. The molecule has 2 aromatic heterocycles. The first kappa shape index (κ1) is 16.9. The van der Waals surface area contributed by atoms with Gasteiger partial charge in [0.25, 0.3) is 0 Å². The minimum absolute atomic E-state index is 0.648. The topological polar surface area (TPSA) is 53.9 Å². The van der Waals surface area contributed by atoms with Gasteiger partial charge in [0.05, 0.1) is 0 Å². The van der Waals surface area contributed by atoms with Crippen molar-refractivity contribution in [2.75, 3.05) is 23.8 Å². The van der Waals surface area contributed by atoms with Crippen molar-refractivity contribution in [2.24, 2.45) is 0 Å². The van der Waals surface area contributed by atoms with Gasteiger partial charge in [0.1, 0.15) is 5.82 Å². The minimum Gasteiger partial charge on any atom is -0.359 e. The van der Waals surface area contributed by atoms with Crippen LogP contribution in [-0.2, 0) is 13.0 Å². The zero-order valence-electron chi connectivity index (χ0n) is 14.7. The second-order valence-corrected chi connectivity index (χ2v) is 6.11. The van der Waals surface area contributed by atoms with Gasteiger partial charge in [-0.05, 0) is 42.7 Å². The van der Waals surface area contributed by atoms with Gasteiger partial charge >= 0.3 is 0 Å². The Balaban J connectivity index is 1.58. The molecule has 3 rings (SSSR count). The van der Waals surface area contributed by atoms with E-state index in [1.807, 2.05) is 37.6 Å². The van der Waals surface area contributed by atoms with Gasteiger partial charge in [-0.2, -0.15) is 4.98 Å². The summed E-state index contributed by atoms with van der Waals surface area (Å²) in [6.07, 6.45) is 6.40. The summed E-state index contributed by atoms with van der Waals surface area (Å²) in [6, 6.07) is 14.5. The van der Waals surface area contributed by atoms with Crippen molar-refractivity contribution in [1.29, 1.82) is 0 Å². The first-order valence-corrected chi connectivity index (χ1v) is 8.43. The summed E-state index contributed by atoms with van der Waals surface area (Å²) in [5, 5.41) is 3.30. The SMILES string of the molecule is Cc1cccc(CNc2nccc(N(C)CCc3ccncc3)n2)c1. The highest BCUT2D eigenvalue weighted by Crippen LogP contribution is 2.13. The van der Waals surface area contributed by atoms with Crippen LogP contribution in [0.5, 0.6) is 0 Å². The molecule has 0 fully saturated rings. The average Bonchev–Trinajstić information content (AvgIpc) is 2.65. The quantitative estimate of drug-likeness (QED) is 0.717. The lowest BCUT2D eigenvalue weighted by Crippen LogP contribution is -2.22. The van der Waals surface area contributed by atoms with E-state index < -0.39 is 0 Å². The second kappa shape index (κ2) is 8.24. The van der Waals surface area contributed by atoms with E-state index >= 15 is 0 Å². The Hall–Kier alpha value is -2.95. The average molecular weight is 333 g/mol. The summed E-state index contributed by atoms with van der Waals surface area (Å²) in [4.78, 5) is 15.1. The molecule has 5 nitrogen and oxygen atoms in total. The van der Waals surface area contributed by atoms with E-state index in [1.54, 1.807) is 6.20 Å². The Morgan fingerprint density at radius 3 is 2.64 bits per heavy atom. The number of nitrogens with zero attached hydrogens (tertiary/aromatic N) is 4. The van der Waals surface area contributed by atoms with Crippen LogP contribution >= 0.6 is 0 Å². The molecule has 0 saturated carbocycles. The molecule has 0 aliphatic carbocycles. The molecule has 0 atom stereocenters. The van der Waals surface area contributed by atoms with Crippen LogP contribution in [0, 0.1) is 6.92 Å². The highest BCUT2D eigenvalue weighted by molar-refractivity contribution is 5.42. The van der Waals surface area contributed by atoms with Crippen LogP contribution in [0.4, 0.5) is 11.8 Å². The predicted molar refractivity (Wildman–Crippen MR) is 102 cm³/mol. The molecule has 128 valence electrons. The zero-order valence-corrected chi connectivity index (χ0v) is 14.7. The van der Waals surface area contributed by atoms with Crippen molar-refractivity contribution in [3.63, 3.8) is 0 Å². The van der Waals surface area contributed by atoms with Crippen LogP contribution in [0.3, 0.4) is 0 Å². The third-order valence-corrected chi connectivity index (χ3v) is 4.05. The van der Waals surface area contributed by atoms with Crippen molar-refractivity contribution < 1.29 is 0 Å². The molecular weight excluding hydrogens is 310 g/mol. The molecule has 0 aliphatic rings. The van der Waals surface area contributed by atoms with Gasteiger partial charge in [-0.3, -0.25) is 4.98 Å². The van der Waals surface area contributed by atoms with E-state index in [-0.39, 0.29) is 0 Å². The molecule has 25 heavy (non-hydrogen) atoms. The minimum atomic E-state index is 0.648. The Morgan fingerprint density at radius 2 is 1.84 bits per heavy atom. The molecule has 5 heteroatoms. The normalized spacial score (nSPS) is 10.5. The van der Waals surface area contributed by atoms with E-state index in [2.05, 4.69) is 56.4 Å². The fourth-order valence-corrected chi connectivity index (χ4v) is 2.61. The molecule has 0 radical (unpaired) electrons. The lowest BCUT2D eigenvalue weighted by molar-refractivity contribution is 0.853. The van der Waals surface area contributed by atoms with Crippen LogP contribution in [0.25, 0.3) is 0 Å². The summed E-state index contributed by atoms with van der Waals surface area (Å²) in [7, 11) is 2.05. The first-order chi connectivity index (χ1) is 12.2. The third kappa shape index (κ3) is 5.01. The molecule has 2 heterocycles. The van der Waals surface area contributed by atoms with Crippen molar-refractivity contribution >= 4 is 11.8 Å². The van der Waals surface area contributed by atoms with Gasteiger partial charge in [-0.1, -0.05) is 29.8 Å². The number of likely N-dealkylation sites (N-methyl/N-ethyl adjacent to an activating group) is 1. The van der Waals surface area contributed by atoms with Crippen LogP contribution in [0.2, 0.25) is 0 Å². The van der Waals surface area contributed by atoms with Crippen LogP contribution in [0.15, 0.2) is 61.1 Å². The second-order valence-electron chi connectivity index (χ2n) is 6.11. The molecule has 1 aromatic carbocycles. The summed E-state index contributed by atoms with van der Waals surface area (Å²) in [5.41, 5.74) is 3.75. The summed E-state index contributed by atoms with van der Waals surface area (Å²) in [5.74, 6) is 1.56. The Morgan fingerprint density at radius 1 is 1.00 bits per heavy atom. The third-order valence-electron chi connectivity index (χ3n) is 4.05. The fourth-order valence-electron chi connectivity index (χ4n) is 2.61. The molecule has 0 spiro atoms. The number of benzene rings is 1. The van der Waals surface area contributed by atoms with Gasteiger partial charge in [0.15, 0.2) is 0 Å². The zero-order chi connectivity index (χ0) is 17.5. The number of rotatable bonds is 7. The molecule has 0 amide bonds. The molecule has 0 unspecified atom stereocenters. The molecule has 3 aromatic rings. The number of aryl methyl sites for hydroxylation is 1. The highest BCUT2D eigenvalue weighted by atomic mass is 15.2. The van der Waals surface area contributed by atoms with Crippen LogP contribution in [-0.4, -0.2) is 28.5 Å². The van der Waals surface area contributed by atoms with Gasteiger partial charge in [0, 0.05) is 38.7 Å². The summed E-state index contributed by atoms with van der Waals surface area (Å²) in [6.45, 7) is 3.70. The van der Waals surface area contributed by atoms with Gasteiger partial charge in [-0.25, -0.2) is 4.98 Å². The van der Waals surface area contributed by atoms with Crippen molar-refractivity contribution in [3.8, 4) is 0 Å². The monoisotopic (exact) mass is 333 g/mol. The number of anilines is 2. The van der Waals surface area contributed by atoms with E-state index in [0.717, 1.165) is 18.8 Å². The first-order valence-electron chi connectivity index (χ1n) is 8.43. The standard InChI is InChI=1S/C20H23N5/c1-16-4-3-5-18(14-16)15-23-20-22-12-8-19(24-20)25(2)13-9-17-6-10-21-11-7-17/h3-8,10-12,14H,9,13,15H2,1-2H3,(H,22,23,24). The van der Waals surface area contributed by atoms with E-state index in [4.69, 9.17) is 0 Å². The Kier molecular flexibility index (Phi) is 5.57. The van der Waals surface area contributed by atoms with Crippen molar-refractivity contribution in [2.45, 2.75) is 19.9 Å². The largest absolute Gasteiger partial charge is 0.359 e. The van der Waals surface area contributed by atoms with Crippen LogP contribution in [0.1, 0.15) is 16.7 Å². The maximum Gasteiger partial charge on any atom is 0.224 e. The van der Waals surface area contributed by atoms with E-state index in [0.29, 0.717) is 12.5 Å².